The molecular weight excluding hydrogens is 1000 g/mol. The molecule has 2 aliphatic rings. The number of ether oxygens (including phenoxy) is 4. The van der Waals surface area contributed by atoms with Crippen LogP contribution in [0.2, 0.25) is 0 Å². The van der Waals surface area contributed by atoms with Crippen LogP contribution in [0.1, 0.15) is 290 Å². The molecule has 2 heterocycles. The second kappa shape index (κ2) is 50.9. The van der Waals surface area contributed by atoms with Crippen molar-refractivity contribution in [3.05, 3.63) is 24.3 Å². The smallest absolute Gasteiger partial charge is 0.220 e. The van der Waals surface area contributed by atoms with Gasteiger partial charge in [0.15, 0.2) is 12.6 Å². The van der Waals surface area contributed by atoms with Crippen LogP contribution < -0.4 is 5.32 Å². The molecule has 0 spiro atoms. The molecule has 0 aromatic heterocycles. The van der Waals surface area contributed by atoms with Crippen molar-refractivity contribution in [1.29, 1.82) is 0 Å². The highest BCUT2D eigenvalue weighted by molar-refractivity contribution is 5.76. The number of aliphatic hydroxyl groups is 8. The second-order valence-electron chi connectivity index (χ2n) is 23.6. The van der Waals surface area contributed by atoms with Gasteiger partial charge in [0.1, 0.15) is 48.8 Å². The molecule has 14 nitrogen and oxygen atoms in total. The van der Waals surface area contributed by atoms with Crippen molar-refractivity contribution in [2.75, 3.05) is 19.8 Å². The second-order valence-corrected chi connectivity index (χ2v) is 23.6. The molecule has 0 bridgehead atoms. The summed E-state index contributed by atoms with van der Waals surface area (Å²) < 4.78 is 22.8. The van der Waals surface area contributed by atoms with Gasteiger partial charge in [0.25, 0.3) is 0 Å². The monoisotopic (exact) mass is 1130 g/mol. The highest BCUT2D eigenvalue weighted by Crippen LogP contribution is 2.30. The number of hydrogen-bond acceptors (Lipinski definition) is 13. The number of carbonyl (C=O) groups is 1. The molecule has 14 heteroatoms. The molecule has 1 amide bonds. The largest absolute Gasteiger partial charge is 0.394 e. The van der Waals surface area contributed by atoms with Crippen LogP contribution >= 0.6 is 0 Å². The molecule has 2 aliphatic heterocycles. The minimum absolute atomic E-state index is 0.244. The van der Waals surface area contributed by atoms with Gasteiger partial charge < -0.3 is 65.1 Å². The van der Waals surface area contributed by atoms with E-state index < -0.39 is 86.8 Å². The van der Waals surface area contributed by atoms with E-state index in [4.69, 9.17) is 18.9 Å². The Morgan fingerprint density at radius 2 is 0.810 bits per heavy atom. The van der Waals surface area contributed by atoms with Crippen LogP contribution in [0.4, 0.5) is 0 Å². The number of unbranched alkanes of at least 4 members (excludes halogenated alkanes) is 39. The summed E-state index contributed by atoms with van der Waals surface area (Å²) in [4.78, 5) is 13.3. The molecule has 0 aliphatic carbocycles. The van der Waals surface area contributed by atoms with Crippen LogP contribution in [0.15, 0.2) is 24.3 Å². The van der Waals surface area contributed by atoms with Crippen molar-refractivity contribution in [2.45, 2.75) is 364 Å². The molecule has 0 aromatic rings. The predicted molar refractivity (Wildman–Crippen MR) is 318 cm³/mol. The fraction of sp³-hybridized carbons (Fsp3) is 0.923. The number of nitrogens with one attached hydrogen (secondary N) is 1. The normalized spacial score (nSPS) is 24.5. The van der Waals surface area contributed by atoms with E-state index in [1.54, 1.807) is 6.08 Å². The van der Waals surface area contributed by atoms with Crippen LogP contribution in [0.3, 0.4) is 0 Å². The fourth-order valence-electron chi connectivity index (χ4n) is 11.1. The number of rotatable bonds is 54. The van der Waals surface area contributed by atoms with E-state index in [0.717, 1.165) is 32.1 Å². The van der Waals surface area contributed by atoms with E-state index in [0.29, 0.717) is 12.8 Å². The van der Waals surface area contributed by atoms with Gasteiger partial charge >= 0.3 is 0 Å². The summed E-state index contributed by atoms with van der Waals surface area (Å²) in [5, 5.41) is 87.2. The third kappa shape index (κ3) is 36.0. The maximum Gasteiger partial charge on any atom is 0.220 e. The summed E-state index contributed by atoms with van der Waals surface area (Å²) in [6.07, 6.45) is 45.2. The molecule has 2 saturated heterocycles. The van der Waals surface area contributed by atoms with Gasteiger partial charge in [-0.25, -0.2) is 0 Å². The summed E-state index contributed by atoms with van der Waals surface area (Å²) in [5.41, 5.74) is 0. The lowest BCUT2D eigenvalue weighted by Gasteiger charge is -2.46. The number of hydrogen-bond donors (Lipinski definition) is 9. The summed E-state index contributed by atoms with van der Waals surface area (Å²) >= 11 is 0. The summed E-state index contributed by atoms with van der Waals surface area (Å²) in [6, 6.07) is -0.928. The minimum Gasteiger partial charge on any atom is -0.394 e. The van der Waals surface area contributed by atoms with E-state index in [-0.39, 0.29) is 18.9 Å². The highest BCUT2D eigenvalue weighted by atomic mass is 16.7. The Labute approximate surface area is 481 Å². The van der Waals surface area contributed by atoms with Crippen molar-refractivity contribution in [3.63, 3.8) is 0 Å². The number of carbonyl (C=O) groups excluding carboxylic acids is 1. The molecule has 0 saturated carbocycles. The SMILES string of the molecule is CCCCCCCCCCCCCCCCCCCCCCCCC/C=C/CC/C=C/C(O)C(COC1OC(CO)C(OC2OC(CO)C(O)C(O)C2O)C(O)C1O)NC(=O)CCCCCCCCCCCCCCCCCC. The Morgan fingerprint density at radius 1 is 0.443 bits per heavy atom. The van der Waals surface area contributed by atoms with E-state index >= 15 is 0 Å². The number of aliphatic hydroxyl groups excluding tert-OH is 8. The van der Waals surface area contributed by atoms with Crippen molar-refractivity contribution >= 4 is 5.91 Å². The Bertz CT molecular complexity index is 1420. The first-order valence-electron chi connectivity index (χ1n) is 33.1. The first kappa shape index (κ1) is 73.6. The maximum atomic E-state index is 13.3. The topological polar surface area (TPSA) is 228 Å². The molecule has 466 valence electrons. The van der Waals surface area contributed by atoms with Crippen molar-refractivity contribution < 1.29 is 64.6 Å². The third-order valence-corrected chi connectivity index (χ3v) is 16.4. The quantitative estimate of drug-likeness (QED) is 0.0204. The molecule has 9 N–H and O–H groups in total. The first-order valence-corrected chi connectivity index (χ1v) is 33.1. The van der Waals surface area contributed by atoms with Crippen LogP contribution in [-0.2, 0) is 23.7 Å². The van der Waals surface area contributed by atoms with Gasteiger partial charge in [-0.2, -0.15) is 0 Å². The van der Waals surface area contributed by atoms with Gasteiger partial charge in [-0.05, 0) is 32.1 Å². The van der Waals surface area contributed by atoms with Gasteiger partial charge in [-0.1, -0.05) is 276 Å². The van der Waals surface area contributed by atoms with Gasteiger partial charge in [-0.3, -0.25) is 4.79 Å². The van der Waals surface area contributed by atoms with E-state index in [9.17, 15) is 45.6 Å². The lowest BCUT2D eigenvalue weighted by molar-refractivity contribution is -0.359. The molecule has 0 radical (unpaired) electrons. The molecule has 12 atom stereocenters. The van der Waals surface area contributed by atoms with Gasteiger partial charge in [-0.15, -0.1) is 0 Å². The van der Waals surface area contributed by atoms with E-state index in [2.05, 4.69) is 31.3 Å². The summed E-state index contributed by atoms with van der Waals surface area (Å²) in [5.74, 6) is -0.244. The van der Waals surface area contributed by atoms with Crippen LogP contribution in [-0.4, -0.2) is 140 Å². The Kier molecular flexibility index (Phi) is 47.4. The van der Waals surface area contributed by atoms with Crippen molar-refractivity contribution in [1.82, 2.24) is 5.32 Å². The summed E-state index contributed by atoms with van der Waals surface area (Å²) in [6.45, 7) is 2.82. The average molecular weight is 1130 g/mol. The average Bonchev–Trinajstić information content (AvgIpc) is 3.47. The fourth-order valence-corrected chi connectivity index (χ4v) is 11.1. The van der Waals surface area contributed by atoms with Crippen LogP contribution in [0.5, 0.6) is 0 Å². The van der Waals surface area contributed by atoms with Crippen LogP contribution in [0.25, 0.3) is 0 Å². The van der Waals surface area contributed by atoms with E-state index in [1.807, 2.05) is 6.08 Å². The maximum absolute atomic E-state index is 13.3. The van der Waals surface area contributed by atoms with Gasteiger partial charge in [0.05, 0.1) is 32.0 Å². The lowest BCUT2D eigenvalue weighted by atomic mass is 9.97. The van der Waals surface area contributed by atoms with Crippen LogP contribution in [0, 0.1) is 0 Å². The van der Waals surface area contributed by atoms with Gasteiger partial charge in [0.2, 0.25) is 5.91 Å². The van der Waals surface area contributed by atoms with Gasteiger partial charge in [0, 0.05) is 6.42 Å². The summed E-state index contributed by atoms with van der Waals surface area (Å²) in [7, 11) is 0. The standard InChI is InChI=1S/C65H123NO13/c1-3-5-7-9-11-13-15-17-19-21-22-23-24-25-26-27-28-29-30-31-32-33-34-36-38-40-42-44-46-48-54(69)53(66-57(70)49-47-45-43-41-39-37-35-20-18-16-14-12-10-8-6-4-2)52-76-64-62(75)60(73)63(56(51-68)78-64)79-65-61(74)59(72)58(71)55(50-67)77-65/h38,40,46,48,53-56,58-65,67-69,71-75H,3-37,39,41-45,47,49-52H2,1-2H3,(H,66,70)/b40-38+,48-46+. The van der Waals surface area contributed by atoms with Crippen molar-refractivity contribution in [3.8, 4) is 0 Å². The molecule has 2 fully saturated rings. The minimum atomic E-state index is -1.79. The Hall–Kier alpha value is -1.53. The number of allylic oxidation sites excluding steroid dienone is 3. The Morgan fingerprint density at radius 3 is 1.24 bits per heavy atom. The zero-order chi connectivity index (χ0) is 57.4. The zero-order valence-corrected chi connectivity index (χ0v) is 50.4. The molecule has 0 aromatic carbocycles. The van der Waals surface area contributed by atoms with Crippen molar-refractivity contribution in [2.24, 2.45) is 0 Å². The zero-order valence-electron chi connectivity index (χ0n) is 50.4. The third-order valence-electron chi connectivity index (χ3n) is 16.4. The lowest BCUT2D eigenvalue weighted by Crippen LogP contribution is -2.65. The Balaban J connectivity index is 1.70. The first-order chi connectivity index (χ1) is 38.6. The van der Waals surface area contributed by atoms with E-state index in [1.165, 1.54) is 225 Å². The number of amides is 1. The molecule has 12 unspecified atom stereocenters. The molecule has 2 rings (SSSR count). The highest BCUT2D eigenvalue weighted by Gasteiger charge is 2.51. The molecular formula is C65H123NO13. The predicted octanol–water partition coefficient (Wildman–Crippen LogP) is 12.4. The molecule has 79 heavy (non-hydrogen) atoms.